The van der Waals surface area contributed by atoms with Gasteiger partial charge in [0.25, 0.3) is 0 Å². The van der Waals surface area contributed by atoms with Crippen LogP contribution in [-0.4, -0.2) is 33.9 Å². The number of rotatable bonds is 5. The maximum Gasteiger partial charge on any atom is 0.318 e. The number of aromatic nitrogens is 2. The van der Waals surface area contributed by atoms with E-state index in [-0.39, 0.29) is 12.1 Å². The Hall–Kier alpha value is -1.54. The molecule has 0 radical (unpaired) electrons. The van der Waals surface area contributed by atoms with Gasteiger partial charge in [0.15, 0.2) is 0 Å². The van der Waals surface area contributed by atoms with E-state index in [0.717, 1.165) is 47.3 Å². The summed E-state index contributed by atoms with van der Waals surface area (Å²) in [6.07, 6.45) is 3.97. The highest BCUT2D eigenvalue weighted by molar-refractivity contribution is 7.97. The molecule has 23 heavy (non-hydrogen) atoms. The number of nitrogens with zero attached hydrogens (tertiary/aromatic N) is 3. The highest BCUT2D eigenvalue weighted by Gasteiger charge is 2.32. The van der Waals surface area contributed by atoms with Gasteiger partial charge in [0.05, 0.1) is 18.3 Å². The number of urea groups is 1. The molecular weight excluding hydrogens is 332 g/mol. The van der Waals surface area contributed by atoms with Crippen molar-refractivity contribution in [1.82, 2.24) is 20.4 Å². The molecule has 0 bridgehead atoms. The Morgan fingerprint density at radius 2 is 2.48 bits per heavy atom. The number of aryl methyl sites for hydroxylation is 1. The van der Waals surface area contributed by atoms with E-state index < -0.39 is 0 Å². The molecule has 8 heteroatoms. The SMILES string of the molecule is CSCc1nc(CNC(=O)N2CCCC2c2cc(C)on2)cs1. The maximum atomic E-state index is 12.5. The van der Waals surface area contributed by atoms with Gasteiger partial charge in [-0.15, -0.1) is 11.3 Å². The first-order valence-corrected chi connectivity index (χ1v) is 9.84. The second kappa shape index (κ2) is 7.35. The molecule has 3 rings (SSSR count). The zero-order valence-corrected chi connectivity index (χ0v) is 14.9. The average Bonchev–Trinajstić information content (AvgIpc) is 3.25. The number of carbonyl (C=O) groups is 1. The molecule has 6 nitrogen and oxygen atoms in total. The van der Waals surface area contributed by atoms with E-state index in [9.17, 15) is 4.79 Å². The van der Waals surface area contributed by atoms with Gasteiger partial charge in [-0.3, -0.25) is 0 Å². The van der Waals surface area contributed by atoms with Crippen molar-refractivity contribution in [3.63, 3.8) is 0 Å². The third kappa shape index (κ3) is 3.87. The number of hydrogen-bond donors (Lipinski definition) is 1. The Kier molecular flexibility index (Phi) is 5.22. The smallest absolute Gasteiger partial charge is 0.318 e. The van der Waals surface area contributed by atoms with Crippen LogP contribution in [0.3, 0.4) is 0 Å². The van der Waals surface area contributed by atoms with Gasteiger partial charge in [0.1, 0.15) is 16.5 Å². The molecule has 2 aromatic heterocycles. The Labute approximate surface area is 143 Å². The van der Waals surface area contributed by atoms with Gasteiger partial charge in [0, 0.05) is 23.7 Å². The highest BCUT2D eigenvalue weighted by atomic mass is 32.2. The molecule has 0 aliphatic carbocycles. The van der Waals surface area contributed by atoms with E-state index >= 15 is 0 Å². The van der Waals surface area contributed by atoms with Crippen LogP contribution in [0, 0.1) is 6.92 Å². The first-order chi connectivity index (χ1) is 11.2. The molecule has 0 saturated carbocycles. The van der Waals surface area contributed by atoms with Crippen LogP contribution in [0.5, 0.6) is 0 Å². The molecule has 0 spiro atoms. The Morgan fingerprint density at radius 3 is 3.22 bits per heavy atom. The summed E-state index contributed by atoms with van der Waals surface area (Å²) < 4.78 is 5.14. The lowest BCUT2D eigenvalue weighted by atomic mass is 10.1. The summed E-state index contributed by atoms with van der Waals surface area (Å²) in [4.78, 5) is 18.8. The summed E-state index contributed by atoms with van der Waals surface area (Å²) in [7, 11) is 0. The molecule has 1 saturated heterocycles. The van der Waals surface area contributed by atoms with E-state index in [1.807, 2.05) is 23.3 Å². The zero-order valence-electron chi connectivity index (χ0n) is 13.2. The van der Waals surface area contributed by atoms with Crippen LogP contribution in [0.2, 0.25) is 0 Å². The van der Waals surface area contributed by atoms with Crippen molar-refractivity contribution >= 4 is 29.1 Å². The normalized spacial score (nSPS) is 17.7. The molecule has 1 aliphatic rings. The van der Waals surface area contributed by atoms with E-state index in [2.05, 4.69) is 21.7 Å². The van der Waals surface area contributed by atoms with Crippen molar-refractivity contribution in [3.8, 4) is 0 Å². The average molecular weight is 352 g/mol. The van der Waals surface area contributed by atoms with Gasteiger partial charge in [-0.25, -0.2) is 9.78 Å². The first-order valence-electron chi connectivity index (χ1n) is 7.57. The first kappa shape index (κ1) is 16.3. The van der Waals surface area contributed by atoms with Crippen molar-refractivity contribution in [2.45, 2.75) is 38.1 Å². The van der Waals surface area contributed by atoms with Crippen molar-refractivity contribution in [2.24, 2.45) is 0 Å². The van der Waals surface area contributed by atoms with Gasteiger partial charge < -0.3 is 14.7 Å². The third-order valence-corrected chi connectivity index (χ3v) is 5.43. The van der Waals surface area contributed by atoms with Gasteiger partial charge in [0.2, 0.25) is 0 Å². The van der Waals surface area contributed by atoms with Crippen molar-refractivity contribution < 1.29 is 9.32 Å². The molecule has 1 unspecified atom stereocenters. The number of hydrogen-bond acceptors (Lipinski definition) is 6. The summed E-state index contributed by atoms with van der Waals surface area (Å²) in [6, 6.07) is 1.85. The van der Waals surface area contributed by atoms with E-state index in [1.165, 1.54) is 0 Å². The van der Waals surface area contributed by atoms with Crippen LogP contribution in [0.25, 0.3) is 0 Å². The summed E-state index contributed by atoms with van der Waals surface area (Å²) in [6.45, 7) is 3.08. The van der Waals surface area contributed by atoms with Crippen molar-refractivity contribution in [2.75, 3.05) is 12.8 Å². The minimum Gasteiger partial charge on any atom is -0.361 e. The fourth-order valence-corrected chi connectivity index (χ4v) is 4.26. The van der Waals surface area contributed by atoms with Crippen molar-refractivity contribution in [1.29, 1.82) is 0 Å². The lowest BCUT2D eigenvalue weighted by Crippen LogP contribution is -2.39. The monoisotopic (exact) mass is 352 g/mol. The van der Waals surface area contributed by atoms with E-state index in [4.69, 9.17) is 4.52 Å². The largest absolute Gasteiger partial charge is 0.361 e. The minimum absolute atomic E-state index is 0.00920. The number of thiazole rings is 1. The van der Waals surface area contributed by atoms with Crippen LogP contribution in [0.4, 0.5) is 4.79 Å². The van der Waals surface area contributed by atoms with Gasteiger partial charge >= 0.3 is 6.03 Å². The molecule has 2 amide bonds. The third-order valence-electron chi connectivity index (χ3n) is 3.79. The number of nitrogens with one attached hydrogen (secondary N) is 1. The molecule has 1 fully saturated rings. The predicted molar refractivity (Wildman–Crippen MR) is 91.5 cm³/mol. The van der Waals surface area contributed by atoms with Crippen molar-refractivity contribution in [3.05, 3.63) is 33.6 Å². The van der Waals surface area contributed by atoms with Gasteiger partial charge in [-0.1, -0.05) is 5.16 Å². The summed E-state index contributed by atoms with van der Waals surface area (Å²) in [5.41, 5.74) is 1.76. The molecule has 2 aromatic rings. The second-order valence-electron chi connectivity index (χ2n) is 5.54. The van der Waals surface area contributed by atoms with Gasteiger partial charge in [-0.2, -0.15) is 11.8 Å². The molecular formula is C15H20N4O2S2. The van der Waals surface area contributed by atoms with Crippen LogP contribution in [0.15, 0.2) is 16.0 Å². The molecule has 124 valence electrons. The fraction of sp³-hybridized carbons (Fsp3) is 0.533. The molecule has 1 N–H and O–H groups in total. The lowest BCUT2D eigenvalue weighted by Gasteiger charge is -2.23. The van der Waals surface area contributed by atoms with Crippen LogP contribution < -0.4 is 5.32 Å². The molecule has 1 atom stereocenters. The topological polar surface area (TPSA) is 71.3 Å². The maximum absolute atomic E-state index is 12.5. The molecule has 1 aliphatic heterocycles. The zero-order chi connectivity index (χ0) is 16.2. The predicted octanol–water partition coefficient (Wildman–Crippen LogP) is 3.35. The quantitative estimate of drug-likeness (QED) is 0.893. The second-order valence-corrected chi connectivity index (χ2v) is 7.35. The standard InChI is InChI=1S/C15H20N4O2S2/c1-10-6-12(18-21-10)13-4-3-5-19(13)15(20)16-7-11-8-23-14(17-11)9-22-2/h6,8,13H,3-5,7,9H2,1-2H3,(H,16,20). The Balaban J connectivity index is 1.58. The number of likely N-dealkylation sites (tertiary alicyclic amines) is 1. The van der Waals surface area contributed by atoms with Crippen LogP contribution in [0.1, 0.15) is 41.0 Å². The number of thioether (sulfide) groups is 1. The minimum atomic E-state index is -0.0624. The number of carbonyl (C=O) groups excluding carboxylic acids is 1. The molecule has 3 heterocycles. The number of amides is 2. The highest BCUT2D eigenvalue weighted by Crippen LogP contribution is 2.31. The molecule has 0 aromatic carbocycles. The fourth-order valence-electron chi connectivity index (χ4n) is 2.75. The van der Waals surface area contributed by atoms with Gasteiger partial charge in [-0.05, 0) is 26.0 Å². The van der Waals surface area contributed by atoms with E-state index in [0.29, 0.717) is 6.54 Å². The van der Waals surface area contributed by atoms with Crippen LogP contribution in [-0.2, 0) is 12.3 Å². The Bertz CT molecular complexity index is 670. The summed E-state index contributed by atoms with van der Waals surface area (Å²) >= 11 is 3.39. The lowest BCUT2D eigenvalue weighted by molar-refractivity contribution is 0.190. The summed E-state index contributed by atoms with van der Waals surface area (Å²) in [5, 5.41) is 10.1. The summed E-state index contributed by atoms with van der Waals surface area (Å²) in [5.74, 6) is 1.69. The van der Waals surface area contributed by atoms with Crippen LogP contribution >= 0.6 is 23.1 Å². The van der Waals surface area contributed by atoms with E-state index in [1.54, 1.807) is 23.1 Å². The Morgan fingerprint density at radius 1 is 1.61 bits per heavy atom.